The van der Waals surface area contributed by atoms with Gasteiger partial charge in [0.2, 0.25) is 0 Å². The summed E-state index contributed by atoms with van der Waals surface area (Å²) in [5.74, 6) is 0.480. The van der Waals surface area contributed by atoms with Gasteiger partial charge in [-0.25, -0.2) is 4.39 Å². The predicted molar refractivity (Wildman–Crippen MR) is 120 cm³/mol. The van der Waals surface area contributed by atoms with Gasteiger partial charge in [-0.1, -0.05) is 0 Å². The van der Waals surface area contributed by atoms with Crippen LogP contribution in [0.4, 0.5) is 4.39 Å². The average Bonchev–Trinajstić information content (AvgIpc) is 2.77. The van der Waals surface area contributed by atoms with Crippen LogP contribution in [0, 0.1) is 11.7 Å². The first-order valence-corrected chi connectivity index (χ1v) is 10.3. The third-order valence-electron chi connectivity index (χ3n) is 5.61. The van der Waals surface area contributed by atoms with Gasteiger partial charge in [-0.05, 0) is 68.8 Å². The van der Waals surface area contributed by atoms with Crippen molar-refractivity contribution in [2.75, 3.05) is 26.2 Å². The molecule has 2 aromatic carbocycles. The maximum absolute atomic E-state index is 13.0. The van der Waals surface area contributed by atoms with E-state index in [1.165, 1.54) is 24.5 Å². The summed E-state index contributed by atoms with van der Waals surface area (Å²) in [6.45, 7) is 3.22. The molecule has 31 heavy (non-hydrogen) atoms. The molecular weight excluding hydrogens is 421 g/mol. The highest BCUT2D eigenvalue weighted by Crippen LogP contribution is 2.22. The van der Waals surface area contributed by atoms with Gasteiger partial charge in [0.15, 0.2) is 11.2 Å². The van der Waals surface area contributed by atoms with Gasteiger partial charge in [0.1, 0.15) is 17.1 Å². The summed E-state index contributed by atoms with van der Waals surface area (Å²) in [5, 5.41) is 0.544. The number of fused-ring (bicyclic) bond motifs is 1. The van der Waals surface area contributed by atoms with Gasteiger partial charge in [-0.2, -0.15) is 0 Å². The van der Waals surface area contributed by atoms with E-state index in [4.69, 9.17) is 9.15 Å². The van der Waals surface area contributed by atoms with Crippen LogP contribution in [-0.4, -0.2) is 36.9 Å². The molecule has 0 unspecified atom stereocenters. The Balaban J connectivity index is 0.00000272. The summed E-state index contributed by atoms with van der Waals surface area (Å²) >= 11 is 0. The second kappa shape index (κ2) is 10.6. The molecule has 1 fully saturated rings. The highest BCUT2D eigenvalue weighted by atomic mass is 35.5. The molecule has 1 aliphatic rings. The largest absolute Gasteiger partial charge is 0.493 e. The summed E-state index contributed by atoms with van der Waals surface area (Å²) < 4.78 is 24.2. The minimum absolute atomic E-state index is 0. The summed E-state index contributed by atoms with van der Waals surface area (Å²) in [5.41, 5.74) is 1.05. The van der Waals surface area contributed by atoms with Gasteiger partial charge in [-0.3, -0.25) is 9.59 Å². The van der Waals surface area contributed by atoms with Crippen molar-refractivity contribution in [3.63, 3.8) is 0 Å². The number of halogens is 2. The lowest BCUT2D eigenvalue weighted by atomic mass is 9.89. The lowest BCUT2D eigenvalue weighted by Gasteiger charge is -2.31. The van der Waals surface area contributed by atoms with Gasteiger partial charge < -0.3 is 14.1 Å². The van der Waals surface area contributed by atoms with Crippen LogP contribution >= 0.6 is 12.4 Å². The lowest BCUT2D eigenvalue weighted by molar-refractivity contribution is 0.0835. The molecule has 0 spiro atoms. The quantitative estimate of drug-likeness (QED) is 0.389. The lowest BCUT2D eigenvalue weighted by Crippen LogP contribution is -2.37. The van der Waals surface area contributed by atoms with Gasteiger partial charge in [0.25, 0.3) is 0 Å². The monoisotopic (exact) mass is 445 g/mol. The Labute approximate surface area is 186 Å². The van der Waals surface area contributed by atoms with E-state index >= 15 is 0 Å². The van der Waals surface area contributed by atoms with E-state index in [2.05, 4.69) is 4.90 Å². The highest BCUT2D eigenvalue weighted by Gasteiger charge is 2.25. The highest BCUT2D eigenvalue weighted by molar-refractivity contribution is 5.97. The smallest absolute Gasteiger partial charge is 0.192 e. The zero-order valence-electron chi connectivity index (χ0n) is 17.1. The number of rotatable bonds is 7. The summed E-state index contributed by atoms with van der Waals surface area (Å²) in [6, 6.07) is 12.5. The minimum atomic E-state index is -0.322. The Hall–Kier alpha value is -2.70. The average molecular weight is 446 g/mol. The molecule has 0 aliphatic carbocycles. The number of Topliss-reactive ketones (excluding diaryl/α,β-unsaturated/α-hetero) is 1. The van der Waals surface area contributed by atoms with E-state index in [-0.39, 0.29) is 35.4 Å². The molecule has 7 heteroatoms. The SMILES string of the molecule is Cl.O=C(c1ccc(F)cc1)C1CCN(CCCOc2ccc3c(=O)ccoc3c2)CC1. The standard InChI is InChI=1S/C24H24FNO4.ClH/c25-19-4-2-17(3-5-19)24(28)18-8-12-26(13-9-18)11-1-14-29-20-6-7-21-22(27)10-15-30-23(21)16-20;/h2-7,10,15-16,18H,1,8-9,11-14H2;1H. The minimum Gasteiger partial charge on any atom is -0.493 e. The molecule has 0 radical (unpaired) electrons. The van der Waals surface area contributed by atoms with Crippen molar-refractivity contribution in [1.29, 1.82) is 0 Å². The van der Waals surface area contributed by atoms with E-state index in [9.17, 15) is 14.0 Å². The van der Waals surface area contributed by atoms with Crippen molar-refractivity contribution >= 4 is 29.2 Å². The van der Waals surface area contributed by atoms with Crippen molar-refractivity contribution in [2.24, 2.45) is 5.92 Å². The summed E-state index contributed by atoms with van der Waals surface area (Å²) in [6.07, 6.45) is 3.90. The second-order valence-electron chi connectivity index (χ2n) is 7.63. The number of hydrogen-bond acceptors (Lipinski definition) is 5. The van der Waals surface area contributed by atoms with E-state index in [0.29, 0.717) is 28.9 Å². The van der Waals surface area contributed by atoms with Crippen LogP contribution in [0.1, 0.15) is 29.6 Å². The molecule has 5 nitrogen and oxygen atoms in total. The number of ketones is 1. The third kappa shape index (κ3) is 5.71. The molecule has 0 amide bonds. The maximum atomic E-state index is 13.0. The van der Waals surface area contributed by atoms with Crippen LogP contribution in [0.15, 0.2) is 64.0 Å². The first kappa shape index (κ1) is 23.0. The molecule has 3 aromatic rings. The topological polar surface area (TPSA) is 59.8 Å². The van der Waals surface area contributed by atoms with Crippen LogP contribution in [-0.2, 0) is 0 Å². The van der Waals surface area contributed by atoms with Gasteiger partial charge in [-0.15, -0.1) is 12.4 Å². The van der Waals surface area contributed by atoms with Gasteiger partial charge in [0, 0.05) is 30.2 Å². The van der Waals surface area contributed by atoms with Crippen molar-refractivity contribution in [3.8, 4) is 5.75 Å². The molecule has 1 aromatic heterocycles. The maximum Gasteiger partial charge on any atom is 0.192 e. The molecule has 0 atom stereocenters. The van der Waals surface area contributed by atoms with Gasteiger partial charge >= 0.3 is 0 Å². The number of carbonyl (C=O) groups is 1. The van der Waals surface area contributed by atoms with Crippen molar-refractivity contribution in [3.05, 3.63) is 76.4 Å². The predicted octanol–water partition coefficient (Wildman–Crippen LogP) is 4.72. The third-order valence-corrected chi connectivity index (χ3v) is 5.61. The van der Waals surface area contributed by atoms with E-state index < -0.39 is 0 Å². The molecule has 4 rings (SSSR count). The van der Waals surface area contributed by atoms with Crippen molar-refractivity contribution in [1.82, 2.24) is 4.90 Å². The van der Waals surface area contributed by atoms with Gasteiger partial charge in [0.05, 0.1) is 18.3 Å². The zero-order valence-corrected chi connectivity index (χ0v) is 17.9. The van der Waals surface area contributed by atoms with Crippen LogP contribution in [0.25, 0.3) is 11.0 Å². The molecular formula is C24H25ClFNO4. The van der Waals surface area contributed by atoms with E-state index in [1.807, 2.05) is 0 Å². The Morgan fingerprint density at radius 2 is 1.84 bits per heavy atom. The van der Waals surface area contributed by atoms with Crippen LogP contribution in [0.5, 0.6) is 5.75 Å². The fourth-order valence-electron chi connectivity index (χ4n) is 3.90. The zero-order chi connectivity index (χ0) is 20.9. The van der Waals surface area contributed by atoms with E-state index in [0.717, 1.165) is 38.9 Å². The first-order valence-electron chi connectivity index (χ1n) is 10.3. The van der Waals surface area contributed by atoms with Crippen molar-refractivity contribution in [2.45, 2.75) is 19.3 Å². The molecule has 1 saturated heterocycles. The fraction of sp³-hybridized carbons (Fsp3) is 0.333. The normalized spacial score (nSPS) is 14.9. The summed E-state index contributed by atoms with van der Waals surface area (Å²) in [4.78, 5) is 26.6. The number of benzene rings is 2. The van der Waals surface area contributed by atoms with Crippen molar-refractivity contribution < 1.29 is 18.3 Å². The number of carbonyl (C=O) groups excluding carboxylic acids is 1. The Morgan fingerprint density at radius 1 is 1.10 bits per heavy atom. The Morgan fingerprint density at radius 3 is 2.58 bits per heavy atom. The van der Waals surface area contributed by atoms with Crippen LogP contribution in [0.2, 0.25) is 0 Å². The molecule has 2 heterocycles. The van der Waals surface area contributed by atoms with Crippen LogP contribution < -0.4 is 10.2 Å². The van der Waals surface area contributed by atoms with E-state index in [1.54, 1.807) is 30.3 Å². The first-order chi connectivity index (χ1) is 14.6. The summed E-state index contributed by atoms with van der Waals surface area (Å²) in [7, 11) is 0. The number of likely N-dealkylation sites (tertiary alicyclic amines) is 1. The Bertz CT molecular complexity index is 1070. The van der Waals surface area contributed by atoms with Crippen LogP contribution in [0.3, 0.4) is 0 Å². The number of nitrogens with zero attached hydrogens (tertiary/aromatic N) is 1. The molecule has 0 bridgehead atoms. The molecule has 164 valence electrons. The molecule has 1 aliphatic heterocycles. The molecule has 0 saturated carbocycles. The second-order valence-corrected chi connectivity index (χ2v) is 7.63. The number of piperidine rings is 1. The fourth-order valence-corrected chi connectivity index (χ4v) is 3.90. The molecule has 0 N–H and O–H groups in total. The number of ether oxygens (including phenoxy) is 1. The number of hydrogen-bond donors (Lipinski definition) is 0. The Kier molecular flexibility index (Phi) is 7.82.